The van der Waals surface area contributed by atoms with Crippen molar-refractivity contribution in [2.45, 2.75) is 19.9 Å². The van der Waals surface area contributed by atoms with Crippen LogP contribution in [0.2, 0.25) is 0 Å². The Morgan fingerprint density at radius 1 is 1.37 bits per heavy atom. The summed E-state index contributed by atoms with van der Waals surface area (Å²) in [6, 6.07) is 5.05. The molecule has 0 unspecified atom stereocenters. The first-order chi connectivity index (χ1) is 8.86. The third-order valence-electron chi connectivity index (χ3n) is 2.78. The molecule has 1 aromatic carbocycles. The van der Waals surface area contributed by atoms with Gasteiger partial charge in [-0.15, -0.1) is 0 Å². The number of nitrogens with two attached hydrogens (primary N) is 2. The molecule has 6 nitrogen and oxygen atoms in total. The molecule has 0 heterocycles. The highest BCUT2D eigenvalue weighted by atomic mass is 16.2. The molecule has 0 spiro atoms. The average Bonchev–Trinajstić information content (AvgIpc) is 2.34. The third-order valence-corrected chi connectivity index (χ3v) is 2.78. The molecule has 0 saturated heterocycles. The summed E-state index contributed by atoms with van der Waals surface area (Å²) in [4.78, 5) is 24.4. The molecule has 0 aromatic heterocycles. The lowest BCUT2D eigenvalue weighted by Crippen LogP contribution is -2.39. The molecule has 0 radical (unpaired) electrons. The van der Waals surface area contributed by atoms with E-state index >= 15 is 0 Å². The van der Waals surface area contributed by atoms with Crippen molar-refractivity contribution in [2.24, 2.45) is 5.73 Å². The average molecular weight is 264 g/mol. The maximum atomic E-state index is 11.5. The molecule has 0 atom stereocenters. The minimum absolute atomic E-state index is 0.0700. The molecular formula is C13H20N4O2. The van der Waals surface area contributed by atoms with Gasteiger partial charge in [-0.25, -0.2) is 0 Å². The maximum absolute atomic E-state index is 11.5. The summed E-state index contributed by atoms with van der Waals surface area (Å²) in [7, 11) is 1.56. The maximum Gasteiger partial charge on any atom is 0.251 e. The highest BCUT2D eigenvalue weighted by molar-refractivity contribution is 5.96. The summed E-state index contributed by atoms with van der Waals surface area (Å²) in [5.41, 5.74) is 12.8. The van der Waals surface area contributed by atoms with E-state index in [1.54, 1.807) is 30.1 Å². The zero-order valence-electron chi connectivity index (χ0n) is 11.4. The first kappa shape index (κ1) is 14.8. The summed E-state index contributed by atoms with van der Waals surface area (Å²) >= 11 is 0. The summed E-state index contributed by atoms with van der Waals surface area (Å²) in [6.45, 7) is 3.96. The van der Waals surface area contributed by atoms with Gasteiger partial charge in [-0.05, 0) is 32.0 Å². The van der Waals surface area contributed by atoms with Crippen LogP contribution in [0.4, 0.5) is 11.4 Å². The minimum atomic E-state index is -0.427. The Bertz CT molecular complexity index is 486. The molecule has 1 rings (SSSR count). The molecule has 0 aliphatic carbocycles. The summed E-state index contributed by atoms with van der Waals surface area (Å²) in [5, 5.41) is 2.53. The number of rotatable bonds is 5. The van der Waals surface area contributed by atoms with E-state index < -0.39 is 5.91 Å². The van der Waals surface area contributed by atoms with Crippen LogP contribution >= 0.6 is 0 Å². The molecule has 2 amide bonds. The van der Waals surface area contributed by atoms with Gasteiger partial charge in [0.25, 0.3) is 5.91 Å². The first-order valence-electron chi connectivity index (χ1n) is 6.03. The van der Waals surface area contributed by atoms with E-state index in [1.807, 2.05) is 13.8 Å². The van der Waals surface area contributed by atoms with Crippen molar-refractivity contribution in [1.82, 2.24) is 5.32 Å². The lowest BCUT2D eigenvalue weighted by Gasteiger charge is -2.29. The third kappa shape index (κ3) is 3.61. The Balaban J connectivity index is 3.11. The fourth-order valence-electron chi connectivity index (χ4n) is 1.82. The van der Waals surface area contributed by atoms with Crippen LogP contribution in [0.25, 0.3) is 0 Å². The number of primary amides is 1. The number of amides is 2. The van der Waals surface area contributed by atoms with Gasteiger partial charge in [-0.2, -0.15) is 0 Å². The lowest BCUT2D eigenvalue weighted by molar-refractivity contribution is -0.116. The van der Waals surface area contributed by atoms with Crippen molar-refractivity contribution in [1.29, 1.82) is 0 Å². The molecule has 0 saturated carbocycles. The van der Waals surface area contributed by atoms with Crippen LogP contribution in [0.3, 0.4) is 0 Å². The largest absolute Gasteiger partial charge is 0.397 e. The molecule has 104 valence electrons. The van der Waals surface area contributed by atoms with Gasteiger partial charge in [-0.1, -0.05) is 0 Å². The second kappa shape index (κ2) is 6.08. The zero-order valence-corrected chi connectivity index (χ0v) is 11.4. The number of benzene rings is 1. The van der Waals surface area contributed by atoms with E-state index in [1.165, 1.54) is 0 Å². The summed E-state index contributed by atoms with van der Waals surface area (Å²) in [5.74, 6) is -0.632. The smallest absolute Gasteiger partial charge is 0.251 e. The van der Waals surface area contributed by atoms with E-state index in [0.717, 1.165) is 0 Å². The molecule has 5 N–H and O–H groups in total. The number of anilines is 2. The normalized spacial score (nSPS) is 10.3. The van der Waals surface area contributed by atoms with E-state index in [0.29, 0.717) is 16.9 Å². The van der Waals surface area contributed by atoms with Gasteiger partial charge in [0.1, 0.15) is 0 Å². The fourth-order valence-corrected chi connectivity index (χ4v) is 1.82. The van der Waals surface area contributed by atoms with E-state index in [9.17, 15) is 9.59 Å². The predicted molar refractivity (Wildman–Crippen MR) is 75.9 cm³/mol. The summed E-state index contributed by atoms with van der Waals surface area (Å²) < 4.78 is 0. The van der Waals surface area contributed by atoms with Crippen LogP contribution in [0.5, 0.6) is 0 Å². The number of carbonyl (C=O) groups is 2. The molecule has 19 heavy (non-hydrogen) atoms. The predicted octanol–water partition coefficient (Wildman–Crippen LogP) is 0.329. The summed E-state index contributed by atoms with van der Waals surface area (Å²) in [6.07, 6.45) is 0. The van der Waals surface area contributed by atoms with Gasteiger partial charge < -0.3 is 21.7 Å². The highest BCUT2D eigenvalue weighted by Crippen LogP contribution is 2.26. The number of carbonyl (C=O) groups excluding carboxylic acids is 2. The topological polar surface area (TPSA) is 101 Å². The van der Waals surface area contributed by atoms with Gasteiger partial charge in [0.15, 0.2) is 0 Å². The Morgan fingerprint density at radius 2 is 2.00 bits per heavy atom. The molecule has 0 fully saturated rings. The number of nitrogens with one attached hydrogen (secondary N) is 1. The van der Waals surface area contributed by atoms with Gasteiger partial charge in [-0.3, -0.25) is 9.59 Å². The van der Waals surface area contributed by atoms with Crippen LogP contribution in [-0.2, 0) is 4.79 Å². The molecule has 1 aromatic rings. The van der Waals surface area contributed by atoms with Gasteiger partial charge >= 0.3 is 0 Å². The molecule has 6 heteroatoms. The van der Waals surface area contributed by atoms with Gasteiger partial charge in [0, 0.05) is 18.7 Å². The molecule has 0 aliphatic rings. The Labute approximate surface area is 112 Å². The van der Waals surface area contributed by atoms with Crippen LogP contribution in [0, 0.1) is 0 Å². The van der Waals surface area contributed by atoms with Gasteiger partial charge in [0.2, 0.25) is 5.91 Å². The van der Waals surface area contributed by atoms with Crippen LogP contribution in [0.15, 0.2) is 18.2 Å². The molecule has 0 bridgehead atoms. The standard InChI is InChI=1S/C13H20N4O2/c1-8(2)17(7-12(15)18)11-5-4-9(6-10(11)14)13(19)16-3/h4-6,8H,7,14H2,1-3H3,(H2,15,18)(H,16,19). The Kier molecular flexibility index (Phi) is 4.74. The lowest BCUT2D eigenvalue weighted by atomic mass is 10.1. The van der Waals surface area contributed by atoms with Gasteiger partial charge in [0.05, 0.1) is 17.9 Å². The number of hydrogen-bond donors (Lipinski definition) is 3. The van der Waals surface area contributed by atoms with Crippen molar-refractivity contribution >= 4 is 23.2 Å². The van der Waals surface area contributed by atoms with Crippen molar-refractivity contribution in [3.8, 4) is 0 Å². The fraction of sp³-hybridized carbons (Fsp3) is 0.385. The molecule has 0 aliphatic heterocycles. The second-order valence-electron chi connectivity index (χ2n) is 4.54. The van der Waals surface area contributed by atoms with Crippen LogP contribution in [-0.4, -0.2) is 31.4 Å². The zero-order chi connectivity index (χ0) is 14.6. The van der Waals surface area contributed by atoms with Crippen molar-refractivity contribution in [2.75, 3.05) is 24.2 Å². The Hall–Kier alpha value is -2.24. The van der Waals surface area contributed by atoms with E-state index in [-0.39, 0.29) is 18.5 Å². The second-order valence-corrected chi connectivity index (χ2v) is 4.54. The monoisotopic (exact) mass is 264 g/mol. The van der Waals surface area contributed by atoms with E-state index in [4.69, 9.17) is 11.5 Å². The first-order valence-corrected chi connectivity index (χ1v) is 6.03. The van der Waals surface area contributed by atoms with Crippen LogP contribution in [0.1, 0.15) is 24.2 Å². The quantitative estimate of drug-likeness (QED) is 0.667. The SMILES string of the molecule is CNC(=O)c1ccc(N(CC(N)=O)C(C)C)c(N)c1. The van der Waals surface area contributed by atoms with Crippen molar-refractivity contribution in [3.63, 3.8) is 0 Å². The number of hydrogen-bond acceptors (Lipinski definition) is 4. The number of nitrogens with zero attached hydrogens (tertiary/aromatic N) is 1. The van der Waals surface area contributed by atoms with Crippen molar-refractivity contribution in [3.05, 3.63) is 23.8 Å². The van der Waals surface area contributed by atoms with Crippen molar-refractivity contribution < 1.29 is 9.59 Å². The van der Waals surface area contributed by atoms with Crippen LogP contribution < -0.4 is 21.7 Å². The molecular weight excluding hydrogens is 244 g/mol. The Morgan fingerprint density at radius 3 is 2.42 bits per heavy atom. The minimum Gasteiger partial charge on any atom is -0.397 e. The highest BCUT2D eigenvalue weighted by Gasteiger charge is 2.16. The number of nitrogen functional groups attached to an aromatic ring is 1. The van der Waals surface area contributed by atoms with E-state index in [2.05, 4.69) is 5.32 Å².